The number of piperidine rings is 1. The number of nitrogens with one attached hydrogen (secondary N) is 1. The van der Waals surface area contributed by atoms with Gasteiger partial charge in [0.2, 0.25) is 0 Å². The molecular formula is C12H17NO2. The van der Waals surface area contributed by atoms with E-state index in [0.717, 1.165) is 25.1 Å². The molecule has 0 spiro atoms. The van der Waals surface area contributed by atoms with Gasteiger partial charge in [-0.25, -0.2) is 0 Å². The highest BCUT2D eigenvalue weighted by Gasteiger charge is 2.35. The third kappa shape index (κ3) is 2.13. The maximum atomic E-state index is 10.3. The highest BCUT2D eigenvalue weighted by molar-refractivity contribution is 5.30. The Morgan fingerprint density at radius 2 is 2.00 bits per heavy atom. The summed E-state index contributed by atoms with van der Waals surface area (Å²) in [7, 11) is 0. The van der Waals surface area contributed by atoms with E-state index in [4.69, 9.17) is 0 Å². The smallest absolute Gasteiger partial charge is 0.115 e. The molecule has 1 aliphatic heterocycles. The van der Waals surface area contributed by atoms with Crippen LogP contribution in [-0.2, 0) is 0 Å². The summed E-state index contributed by atoms with van der Waals surface area (Å²) in [5.41, 5.74) is 0.424. The average Bonchev–Trinajstić information content (AvgIpc) is 2.19. The molecule has 0 aromatic heterocycles. The Morgan fingerprint density at radius 1 is 1.33 bits per heavy atom. The average molecular weight is 207 g/mol. The summed E-state index contributed by atoms with van der Waals surface area (Å²) in [6.07, 6.45) is 0.762. The van der Waals surface area contributed by atoms with Gasteiger partial charge < -0.3 is 15.5 Å². The molecule has 1 heterocycles. The molecule has 1 aromatic carbocycles. The van der Waals surface area contributed by atoms with Gasteiger partial charge in [-0.15, -0.1) is 0 Å². The molecule has 0 amide bonds. The van der Waals surface area contributed by atoms with Crippen molar-refractivity contribution in [2.24, 2.45) is 0 Å². The Bertz CT molecular complexity index is 332. The molecule has 0 aliphatic carbocycles. The normalized spacial score (nSPS) is 31.5. The minimum absolute atomic E-state index is 0.104. The lowest BCUT2D eigenvalue weighted by atomic mass is 9.79. The number of aliphatic hydroxyl groups is 1. The number of hydrogen-bond donors (Lipinski definition) is 3. The predicted octanol–water partition coefficient (Wildman–Crippen LogP) is 1.22. The molecule has 0 bridgehead atoms. The molecule has 2 atom stereocenters. The van der Waals surface area contributed by atoms with Crippen LogP contribution in [0, 0.1) is 0 Å². The highest BCUT2D eigenvalue weighted by Crippen LogP contribution is 2.33. The van der Waals surface area contributed by atoms with Gasteiger partial charge in [-0.05, 0) is 37.6 Å². The maximum absolute atomic E-state index is 10.3. The lowest BCUT2D eigenvalue weighted by Gasteiger charge is -2.37. The summed E-state index contributed by atoms with van der Waals surface area (Å²) in [5.74, 6) is 0.369. The lowest BCUT2D eigenvalue weighted by molar-refractivity contribution is 0.00781. The minimum Gasteiger partial charge on any atom is -0.508 e. The van der Waals surface area contributed by atoms with Crippen molar-refractivity contribution in [2.75, 3.05) is 13.1 Å². The van der Waals surface area contributed by atoms with Crippen molar-refractivity contribution in [3.8, 4) is 5.75 Å². The van der Waals surface area contributed by atoms with E-state index in [1.807, 2.05) is 19.1 Å². The monoisotopic (exact) mass is 207 g/mol. The molecule has 82 valence electrons. The zero-order chi connectivity index (χ0) is 10.9. The predicted molar refractivity (Wildman–Crippen MR) is 59.0 cm³/mol. The van der Waals surface area contributed by atoms with Gasteiger partial charge in [0.25, 0.3) is 0 Å². The summed E-state index contributed by atoms with van der Waals surface area (Å²) >= 11 is 0. The van der Waals surface area contributed by atoms with E-state index >= 15 is 0 Å². The van der Waals surface area contributed by atoms with Gasteiger partial charge in [0.1, 0.15) is 5.75 Å². The van der Waals surface area contributed by atoms with E-state index in [2.05, 4.69) is 5.32 Å². The maximum Gasteiger partial charge on any atom is 0.115 e. The number of aromatic hydroxyl groups is 1. The van der Waals surface area contributed by atoms with Gasteiger partial charge in [-0.3, -0.25) is 0 Å². The van der Waals surface area contributed by atoms with Crippen LogP contribution in [0.3, 0.4) is 0 Å². The number of benzene rings is 1. The molecular weight excluding hydrogens is 190 g/mol. The van der Waals surface area contributed by atoms with E-state index < -0.39 is 5.60 Å². The van der Waals surface area contributed by atoms with Crippen molar-refractivity contribution >= 4 is 0 Å². The van der Waals surface area contributed by atoms with Crippen LogP contribution in [0.25, 0.3) is 0 Å². The quantitative estimate of drug-likeness (QED) is 0.649. The summed E-state index contributed by atoms with van der Waals surface area (Å²) in [5, 5.41) is 22.7. The zero-order valence-corrected chi connectivity index (χ0v) is 8.90. The van der Waals surface area contributed by atoms with Crippen molar-refractivity contribution in [1.82, 2.24) is 5.32 Å². The zero-order valence-electron chi connectivity index (χ0n) is 8.90. The first-order valence-electron chi connectivity index (χ1n) is 5.31. The van der Waals surface area contributed by atoms with Gasteiger partial charge in [-0.2, -0.15) is 0 Å². The lowest BCUT2D eigenvalue weighted by Crippen LogP contribution is -2.46. The second-order valence-corrected chi connectivity index (χ2v) is 4.46. The van der Waals surface area contributed by atoms with Crippen molar-refractivity contribution in [2.45, 2.75) is 24.9 Å². The second-order valence-electron chi connectivity index (χ2n) is 4.46. The third-order valence-corrected chi connectivity index (χ3v) is 3.20. The van der Waals surface area contributed by atoms with Crippen LogP contribution >= 0.6 is 0 Å². The van der Waals surface area contributed by atoms with Crippen LogP contribution in [0.4, 0.5) is 0 Å². The Hall–Kier alpha value is -1.06. The van der Waals surface area contributed by atoms with Gasteiger partial charge >= 0.3 is 0 Å². The first kappa shape index (κ1) is 10.5. The van der Waals surface area contributed by atoms with Crippen molar-refractivity contribution < 1.29 is 10.2 Å². The first-order chi connectivity index (χ1) is 7.09. The van der Waals surface area contributed by atoms with Crippen molar-refractivity contribution in [1.29, 1.82) is 0 Å². The first-order valence-corrected chi connectivity index (χ1v) is 5.31. The molecule has 0 saturated carbocycles. The molecule has 15 heavy (non-hydrogen) atoms. The number of phenols is 1. The molecule has 1 aliphatic rings. The molecule has 1 fully saturated rings. The van der Waals surface area contributed by atoms with E-state index in [-0.39, 0.29) is 11.7 Å². The Balaban J connectivity index is 2.25. The van der Waals surface area contributed by atoms with Gasteiger partial charge in [0, 0.05) is 12.5 Å². The van der Waals surface area contributed by atoms with E-state index in [1.165, 1.54) is 0 Å². The van der Waals surface area contributed by atoms with Crippen LogP contribution in [-0.4, -0.2) is 28.9 Å². The SMILES string of the molecule is CC1(O)CCNCC1c1ccc(O)cc1. The van der Waals surface area contributed by atoms with Gasteiger partial charge in [0.15, 0.2) is 0 Å². The fraction of sp³-hybridized carbons (Fsp3) is 0.500. The number of rotatable bonds is 1. The highest BCUT2D eigenvalue weighted by atomic mass is 16.3. The Morgan fingerprint density at radius 3 is 2.60 bits per heavy atom. The van der Waals surface area contributed by atoms with Crippen LogP contribution in [0.2, 0.25) is 0 Å². The summed E-state index contributed by atoms with van der Waals surface area (Å²) in [6, 6.07) is 7.09. The fourth-order valence-corrected chi connectivity index (χ4v) is 2.17. The minimum atomic E-state index is -0.651. The van der Waals surface area contributed by atoms with Crippen molar-refractivity contribution in [3.05, 3.63) is 29.8 Å². The fourth-order valence-electron chi connectivity index (χ4n) is 2.17. The second kappa shape index (κ2) is 3.83. The Labute approximate surface area is 89.8 Å². The molecule has 3 N–H and O–H groups in total. The molecule has 1 saturated heterocycles. The summed E-state index contributed by atoms with van der Waals surface area (Å²) in [4.78, 5) is 0. The molecule has 2 rings (SSSR count). The molecule has 3 heteroatoms. The van der Waals surface area contributed by atoms with E-state index in [0.29, 0.717) is 0 Å². The topological polar surface area (TPSA) is 52.5 Å². The summed E-state index contributed by atoms with van der Waals surface area (Å²) in [6.45, 7) is 3.53. The summed E-state index contributed by atoms with van der Waals surface area (Å²) < 4.78 is 0. The van der Waals surface area contributed by atoms with Crippen LogP contribution in [0.5, 0.6) is 5.75 Å². The van der Waals surface area contributed by atoms with Gasteiger partial charge in [-0.1, -0.05) is 12.1 Å². The largest absolute Gasteiger partial charge is 0.508 e. The molecule has 1 aromatic rings. The van der Waals surface area contributed by atoms with Crippen molar-refractivity contribution in [3.63, 3.8) is 0 Å². The van der Waals surface area contributed by atoms with Gasteiger partial charge in [0.05, 0.1) is 5.60 Å². The standard InChI is InChI=1S/C12H17NO2/c1-12(15)6-7-13-8-11(12)9-2-4-10(14)5-3-9/h2-5,11,13-15H,6-8H2,1H3. The van der Waals surface area contributed by atoms with Crippen LogP contribution in [0.1, 0.15) is 24.8 Å². The van der Waals surface area contributed by atoms with E-state index in [1.54, 1.807) is 12.1 Å². The molecule has 3 nitrogen and oxygen atoms in total. The van der Waals surface area contributed by atoms with Crippen LogP contribution < -0.4 is 5.32 Å². The van der Waals surface area contributed by atoms with E-state index in [9.17, 15) is 10.2 Å². The Kier molecular flexibility index (Phi) is 2.67. The molecule has 2 unspecified atom stereocenters. The third-order valence-electron chi connectivity index (χ3n) is 3.20. The molecule has 0 radical (unpaired) electrons. The van der Waals surface area contributed by atoms with Crippen LogP contribution in [0.15, 0.2) is 24.3 Å². The number of phenolic OH excluding ortho intramolecular Hbond substituents is 1. The number of hydrogen-bond acceptors (Lipinski definition) is 3.